The first-order chi connectivity index (χ1) is 7.93. The molecule has 17 heavy (non-hydrogen) atoms. The van der Waals surface area contributed by atoms with Crippen molar-refractivity contribution in [3.8, 4) is 0 Å². The molecule has 0 radical (unpaired) electrons. The minimum Gasteiger partial charge on any atom is -0.480 e. The highest BCUT2D eigenvalue weighted by atomic mass is 16.4. The summed E-state index contributed by atoms with van der Waals surface area (Å²) in [5, 5.41) is 10.0. The molecule has 2 aromatic rings. The molecule has 1 aromatic heterocycles. The van der Waals surface area contributed by atoms with Crippen LogP contribution in [0.15, 0.2) is 12.1 Å². The molecule has 1 unspecified atom stereocenters. The number of nitrogens with one attached hydrogen (secondary N) is 1. The van der Waals surface area contributed by atoms with Crippen LogP contribution in [0.2, 0.25) is 0 Å². The number of aliphatic carboxylic acids is 1. The summed E-state index contributed by atoms with van der Waals surface area (Å²) in [7, 11) is 0. The molecule has 0 saturated carbocycles. The Bertz CT molecular complexity index is 599. The van der Waals surface area contributed by atoms with Crippen molar-refractivity contribution in [1.29, 1.82) is 0 Å². The number of aromatic nitrogens is 1. The van der Waals surface area contributed by atoms with Crippen LogP contribution < -0.4 is 5.73 Å². The second-order valence-electron chi connectivity index (χ2n) is 4.43. The molecule has 2 rings (SSSR count). The van der Waals surface area contributed by atoms with Gasteiger partial charge in [-0.25, -0.2) is 0 Å². The average Bonchev–Trinajstić information content (AvgIpc) is 2.61. The molecule has 0 aliphatic rings. The van der Waals surface area contributed by atoms with E-state index in [4.69, 9.17) is 10.8 Å². The number of hydrogen-bond donors (Lipinski definition) is 3. The van der Waals surface area contributed by atoms with Gasteiger partial charge in [-0.2, -0.15) is 0 Å². The number of aromatic amines is 1. The highest BCUT2D eigenvalue weighted by molar-refractivity contribution is 5.94. The van der Waals surface area contributed by atoms with Gasteiger partial charge in [-0.05, 0) is 31.9 Å². The van der Waals surface area contributed by atoms with Crippen molar-refractivity contribution in [3.05, 3.63) is 34.5 Å². The monoisotopic (exact) mass is 232 g/mol. The Hall–Kier alpha value is -1.81. The lowest BCUT2D eigenvalue weighted by atomic mass is 9.99. The molecule has 0 aliphatic carbocycles. The third-order valence-corrected chi connectivity index (χ3v) is 3.18. The summed E-state index contributed by atoms with van der Waals surface area (Å²) in [4.78, 5) is 14.3. The van der Waals surface area contributed by atoms with Crippen LogP contribution >= 0.6 is 0 Å². The van der Waals surface area contributed by atoms with Crippen molar-refractivity contribution >= 4 is 16.9 Å². The van der Waals surface area contributed by atoms with Gasteiger partial charge in [0.25, 0.3) is 0 Å². The van der Waals surface area contributed by atoms with Crippen LogP contribution in [0.25, 0.3) is 10.9 Å². The summed E-state index contributed by atoms with van der Waals surface area (Å²) >= 11 is 0. The Morgan fingerprint density at radius 3 is 2.47 bits per heavy atom. The van der Waals surface area contributed by atoms with E-state index in [1.165, 1.54) is 0 Å². The van der Waals surface area contributed by atoms with Crippen molar-refractivity contribution in [2.75, 3.05) is 0 Å². The standard InChI is InChI=1S/C13H16N2O2/c1-6-4-5-7(2)12-9(6)10(8(3)15-12)11(14)13(16)17/h4-5,11,15H,14H2,1-3H3,(H,16,17). The van der Waals surface area contributed by atoms with E-state index < -0.39 is 12.0 Å². The number of fused-ring (bicyclic) bond motifs is 1. The second kappa shape index (κ2) is 3.89. The fraction of sp³-hybridized carbons (Fsp3) is 0.308. The van der Waals surface area contributed by atoms with Gasteiger partial charge in [-0.15, -0.1) is 0 Å². The number of carboxylic acids is 1. The Morgan fingerprint density at radius 2 is 1.88 bits per heavy atom. The van der Waals surface area contributed by atoms with Gasteiger partial charge in [-0.1, -0.05) is 12.1 Å². The van der Waals surface area contributed by atoms with E-state index in [2.05, 4.69) is 4.98 Å². The first kappa shape index (κ1) is 11.7. The van der Waals surface area contributed by atoms with Gasteiger partial charge in [0.05, 0.1) is 0 Å². The summed E-state index contributed by atoms with van der Waals surface area (Å²) in [6.07, 6.45) is 0. The average molecular weight is 232 g/mol. The van der Waals surface area contributed by atoms with Gasteiger partial charge in [0.15, 0.2) is 0 Å². The fourth-order valence-corrected chi connectivity index (χ4v) is 2.27. The first-order valence-electron chi connectivity index (χ1n) is 5.50. The van der Waals surface area contributed by atoms with Crippen LogP contribution in [0.4, 0.5) is 0 Å². The Kier molecular flexibility index (Phi) is 2.67. The maximum Gasteiger partial charge on any atom is 0.325 e. The summed E-state index contributed by atoms with van der Waals surface area (Å²) in [6, 6.07) is 3.02. The van der Waals surface area contributed by atoms with E-state index in [0.717, 1.165) is 27.7 Å². The molecule has 0 saturated heterocycles. The lowest BCUT2D eigenvalue weighted by Gasteiger charge is -2.08. The fourth-order valence-electron chi connectivity index (χ4n) is 2.27. The molecule has 0 aliphatic heterocycles. The topological polar surface area (TPSA) is 79.1 Å². The van der Waals surface area contributed by atoms with E-state index in [1.54, 1.807) is 0 Å². The number of carbonyl (C=O) groups is 1. The highest BCUT2D eigenvalue weighted by Gasteiger charge is 2.22. The molecular weight excluding hydrogens is 216 g/mol. The first-order valence-corrected chi connectivity index (χ1v) is 5.50. The van der Waals surface area contributed by atoms with Gasteiger partial charge in [0.1, 0.15) is 6.04 Å². The molecule has 90 valence electrons. The highest BCUT2D eigenvalue weighted by Crippen LogP contribution is 2.31. The summed E-state index contributed by atoms with van der Waals surface area (Å²) in [5.41, 5.74) is 10.4. The maximum absolute atomic E-state index is 11.1. The van der Waals surface area contributed by atoms with Crippen LogP contribution in [0, 0.1) is 20.8 Å². The molecular formula is C13H16N2O2. The van der Waals surface area contributed by atoms with Crippen LogP contribution in [-0.4, -0.2) is 16.1 Å². The van der Waals surface area contributed by atoms with Gasteiger partial charge in [0.2, 0.25) is 0 Å². The van der Waals surface area contributed by atoms with Gasteiger partial charge < -0.3 is 15.8 Å². The predicted molar refractivity (Wildman–Crippen MR) is 67.1 cm³/mol. The number of carboxylic acid groups (broad SMARTS) is 1. The Balaban J connectivity index is 2.83. The van der Waals surface area contributed by atoms with Crippen molar-refractivity contribution in [2.24, 2.45) is 5.73 Å². The van der Waals surface area contributed by atoms with Gasteiger partial charge >= 0.3 is 5.97 Å². The Morgan fingerprint density at radius 1 is 1.29 bits per heavy atom. The van der Waals surface area contributed by atoms with Crippen LogP contribution in [0.5, 0.6) is 0 Å². The largest absolute Gasteiger partial charge is 0.480 e. The number of H-pyrrole nitrogens is 1. The number of nitrogens with two attached hydrogens (primary N) is 1. The molecule has 1 atom stereocenters. The zero-order valence-corrected chi connectivity index (χ0v) is 10.2. The minimum atomic E-state index is -1.00. The molecule has 0 amide bonds. The zero-order valence-electron chi connectivity index (χ0n) is 10.2. The summed E-state index contributed by atoms with van der Waals surface area (Å²) < 4.78 is 0. The quantitative estimate of drug-likeness (QED) is 0.742. The lowest BCUT2D eigenvalue weighted by Crippen LogP contribution is -2.21. The van der Waals surface area contributed by atoms with E-state index in [9.17, 15) is 4.79 Å². The van der Waals surface area contributed by atoms with E-state index in [1.807, 2.05) is 32.9 Å². The zero-order chi connectivity index (χ0) is 12.7. The normalized spacial score (nSPS) is 12.9. The summed E-state index contributed by atoms with van der Waals surface area (Å²) in [6.45, 7) is 5.82. The number of rotatable bonds is 2. The molecule has 1 heterocycles. The lowest BCUT2D eigenvalue weighted by molar-refractivity contribution is -0.138. The molecule has 1 aromatic carbocycles. The Labute approximate surface area is 99.4 Å². The van der Waals surface area contributed by atoms with Gasteiger partial charge in [-0.3, -0.25) is 4.79 Å². The number of aryl methyl sites for hydroxylation is 3. The van der Waals surface area contributed by atoms with Crippen LogP contribution in [0.3, 0.4) is 0 Å². The number of benzene rings is 1. The molecule has 4 nitrogen and oxygen atoms in total. The van der Waals surface area contributed by atoms with E-state index in [0.29, 0.717) is 5.56 Å². The molecule has 4 N–H and O–H groups in total. The maximum atomic E-state index is 11.1. The third kappa shape index (κ3) is 1.70. The SMILES string of the molecule is Cc1[nH]c2c(C)ccc(C)c2c1C(N)C(=O)O. The summed E-state index contributed by atoms with van der Waals surface area (Å²) in [5.74, 6) is -1.00. The predicted octanol–water partition coefficient (Wildman–Crippen LogP) is 2.18. The van der Waals surface area contributed by atoms with Crippen molar-refractivity contribution in [2.45, 2.75) is 26.8 Å². The van der Waals surface area contributed by atoms with E-state index in [-0.39, 0.29) is 0 Å². The smallest absolute Gasteiger partial charge is 0.325 e. The third-order valence-electron chi connectivity index (χ3n) is 3.18. The van der Waals surface area contributed by atoms with Crippen molar-refractivity contribution in [1.82, 2.24) is 4.98 Å². The van der Waals surface area contributed by atoms with Crippen molar-refractivity contribution < 1.29 is 9.90 Å². The number of hydrogen-bond acceptors (Lipinski definition) is 2. The van der Waals surface area contributed by atoms with Crippen LogP contribution in [-0.2, 0) is 4.79 Å². The van der Waals surface area contributed by atoms with Crippen LogP contribution in [0.1, 0.15) is 28.4 Å². The molecule has 0 fully saturated rings. The molecule has 4 heteroatoms. The second-order valence-corrected chi connectivity index (χ2v) is 4.43. The minimum absolute atomic E-state index is 0.689. The molecule has 0 bridgehead atoms. The molecule has 0 spiro atoms. The van der Waals surface area contributed by atoms with E-state index >= 15 is 0 Å². The van der Waals surface area contributed by atoms with Crippen molar-refractivity contribution in [3.63, 3.8) is 0 Å². The van der Waals surface area contributed by atoms with Gasteiger partial charge in [0, 0.05) is 22.2 Å².